The second kappa shape index (κ2) is 8.84. The number of hydrazine groups is 1. The lowest BCUT2D eigenvalue weighted by molar-refractivity contribution is -0.385. The minimum absolute atomic E-state index is 0.0626. The monoisotopic (exact) mass is 298 g/mol. The number of carbonyl (C=O) groups excluding carboxylic acids is 1. The first-order chi connectivity index (χ1) is 10.1. The molecule has 0 spiro atoms. The van der Waals surface area contributed by atoms with Crippen LogP contribution in [-0.2, 0) is 9.47 Å². The standard InChI is InChI=1S/C12H18N4O5/c1-20-6-7-21-5-4-14-12(17)10-8-9(15-13)2-3-11(10)16(18)19/h2-3,8,15H,4-7,13H2,1H3,(H,14,17). The number of nitrogens with two attached hydrogens (primary N) is 1. The van der Waals surface area contributed by atoms with Gasteiger partial charge in [-0.25, -0.2) is 0 Å². The number of amides is 1. The maximum atomic E-state index is 12.0. The maximum Gasteiger partial charge on any atom is 0.282 e. The van der Waals surface area contributed by atoms with Crippen molar-refractivity contribution in [1.29, 1.82) is 0 Å². The lowest BCUT2D eigenvalue weighted by Crippen LogP contribution is -2.28. The molecule has 0 aromatic heterocycles. The number of nitrogens with zero attached hydrogens (tertiary/aromatic N) is 1. The summed E-state index contributed by atoms with van der Waals surface area (Å²) in [6.07, 6.45) is 0. The van der Waals surface area contributed by atoms with Gasteiger partial charge < -0.3 is 20.2 Å². The summed E-state index contributed by atoms with van der Waals surface area (Å²) in [6.45, 7) is 1.40. The summed E-state index contributed by atoms with van der Waals surface area (Å²) in [6, 6.07) is 3.96. The van der Waals surface area contributed by atoms with Crippen molar-refractivity contribution in [3.05, 3.63) is 33.9 Å². The molecule has 0 aliphatic rings. The van der Waals surface area contributed by atoms with Gasteiger partial charge in [-0.05, 0) is 12.1 Å². The van der Waals surface area contributed by atoms with Crippen LogP contribution in [-0.4, -0.2) is 44.3 Å². The number of nitrogens with one attached hydrogen (secondary N) is 2. The van der Waals surface area contributed by atoms with E-state index in [1.165, 1.54) is 18.2 Å². The Balaban J connectivity index is 2.61. The summed E-state index contributed by atoms with van der Waals surface area (Å²) in [5, 5.41) is 13.5. The zero-order valence-electron chi connectivity index (χ0n) is 11.6. The number of benzene rings is 1. The average molecular weight is 298 g/mol. The van der Waals surface area contributed by atoms with Crippen LogP contribution in [0.4, 0.5) is 11.4 Å². The first-order valence-corrected chi connectivity index (χ1v) is 6.20. The Bertz CT molecular complexity index is 495. The lowest BCUT2D eigenvalue weighted by Gasteiger charge is -2.08. The summed E-state index contributed by atoms with van der Waals surface area (Å²) >= 11 is 0. The fraction of sp³-hybridized carbons (Fsp3) is 0.417. The van der Waals surface area contributed by atoms with Crippen molar-refractivity contribution in [2.75, 3.05) is 38.9 Å². The Kier molecular flexibility index (Phi) is 7.09. The predicted molar refractivity (Wildman–Crippen MR) is 75.9 cm³/mol. The van der Waals surface area contributed by atoms with Crippen molar-refractivity contribution in [3.8, 4) is 0 Å². The van der Waals surface area contributed by atoms with Gasteiger partial charge in [-0.3, -0.25) is 20.8 Å². The van der Waals surface area contributed by atoms with E-state index in [0.29, 0.717) is 18.9 Å². The number of anilines is 1. The molecule has 1 rings (SSSR count). The van der Waals surface area contributed by atoms with E-state index in [1.54, 1.807) is 7.11 Å². The van der Waals surface area contributed by atoms with Gasteiger partial charge in [0.1, 0.15) is 5.56 Å². The predicted octanol–water partition coefficient (Wildman–Crippen LogP) is 0.273. The zero-order valence-corrected chi connectivity index (χ0v) is 11.6. The minimum atomic E-state index is -0.621. The summed E-state index contributed by atoms with van der Waals surface area (Å²) < 4.78 is 9.98. The largest absolute Gasteiger partial charge is 0.382 e. The number of carbonyl (C=O) groups is 1. The highest BCUT2D eigenvalue weighted by Gasteiger charge is 2.20. The minimum Gasteiger partial charge on any atom is -0.382 e. The van der Waals surface area contributed by atoms with Crippen molar-refractivity contribution in [1.82, 2.24) is 5.32 Å². The Hall–Kier alpha value is -2.23. The Morgan fingerprint density at radius 3 is 2.76 bits per heavy atom. The fourth-order valence-corrected chi connectivity index (χ4v) is 1.54. The highest BCUT2D eigenvalue weighted by Crippen LogP contribution is 2.22. The Labute approximate surface area is 121 Å². The van der Waals surface area contributed by atoms with Crippen molar-refractivity contribution in [3.63, 3.8) is 0 Å². The number of nitrogen functional groups attached to an aromatic ring is 1. The highest BCUT2D eigenvalue weighted by atomic mass is 16.6. The molecule has 1 aromatic rings. The van der Waals surface area contributed by atoms with Crippen LogP contribution in [0.25, 0.3) is 0 Å². The van der Waals surface area contributed by atoms with Gasteiger partial charge in [-0.15, -0.1) is 0 Å². The van der Waals surface area contributed by atoms with Gasteiger partial charge in [0.2, 0.25) is 0 Å². The van der Waals surface area contributed by atoms with Crippen LogP contribution >= 0.6 is 0 Å². The number of hydrogen-bond acceptors (Lipinski definition) is 7. The molecule has 1 aromatic carbocycles. The van der Waals surface area contributed by atoms with Crippen LogP contribution in [0.5, 0.6) is 0 Å². The maximum absolute atomic E-state index is 12.0. The molecule has 1 amide bonds. The average Bonchev–Trinajstić information content (AvgIpc) is 2.49. The first kappa shape index (κ1) is 16.8. The molecule has 9 nitrogen and oxygen atoms in total. The summed E-state index contributed by atoms with van der Waals surface area (Å²) in [5.74, 6) is 4.67. The van der Waals surface area contributed by atoms with E-state index in [-0.39, 0.29) is 24.4 Å². The van der Waals surface area contributed by atoms with E-state index >= 15 is 0 Å². The molecule has 0 fully saturated rings. The summed E-state index contributed by atoms with van der Waals surface area (Å²) in [4.78, 5) is 22.3. The molecule has 9 heteroatoms. The van der Waals surface area contributed by atoms with Gasteiger partial charge in [0.15, 0.2) is 0 Å². The van der Waals surface area contributed by atoms with E-state index in [2.05, 4.69) is 10.7 Å². The lowest BCUT2D eigenvalue weighted by atomic mass is 10.1. The molecule has 0 aliphatic carbocycles. The SMILES string of the molecule is COCCOCCNC(=O)c1cc(NN)ccc1[N+](=O)[O-]. The number of nitro benzene ring substituents is 1. The smallest absolute Gasteiger partial charge is 0.282 e. The van der Waals surface area contributed by atoms with E-state index in [1.807, 2.05) is 0 Å². The number of hydrogen-bond donors (Lipinski definition) is 3. The number of nitro groups is 1. The molecular formula is C12H18N4O5. The number of rotatable bonds is 9. The van der Waals surface area contributed by atoms with Crippen LogP contribution in [0.2, 0.25) is 0 Å². The second-order valence-corrected chi connectivity index (χ2v) is 3.99. The molecular weight excluding hydrogens is 280 g/mol. The van der Waals surface area contributed by atoms with E-state index in [0.717, 1.165) is 0 Å². The second-order valence-electron chi connectivity index (χ2n) is 3.99. The van der Waals surface area contributed by atoms with Crippen molar-refractivity contribution in [2.45, 2.75) is 0 Å². The number of ether oxygens (including phenoxy) is 2. The van der Waals surface area contributed by atoms with Crippen molar-refractivity contribution < 1.29 is 19.2 Å². The molecule has 21 heavy (non-hydrogen) atoms. The van der Waals surface area contributed by atoms with Crippen molar-refractivity contribution >= 4 is 17.3 Å². The third-order valence-electron chi connectivity index (χ3n) is 2.57. The third-order valence-corrected chi connectivity index (χ3v) is 2.57. The van der Waals surface area contributed by atoms with Crippen LogP contribution in [0.15, 0.2) is 18.2 Å². The summed E-state index contributed by atoms with van der Waals surface area (Å²) in [5.41, 5.74) is 2.39. The Morgan fingerprint density at radius 1 is 1.38 bits per heavy atom. The molecule has 0 saturated carbocycles. The molecule has 0 saturated heterocycles. The molecule has 0 heterocycles. The zero-order chi connectivity index (χ0) is 15.7. The van der Waals surface area contributed by atoms with Crippen LogP contribution in [0.1, 0.15) is 10.4 Å². The third kappa shape index (κ3) is 5.34. The van der Waals surface area contributed by atoms with Crippen LogP contribution < -0.4 is 16.6 Å². The van der Waals surface area contributed by atoms with Gasteiger partial charge in [0.25, 0.3) is 11.6 Å². The van der Waals surface area contributed by atoms with E-state index < -0.39 is 10.8 Å². The molecule has 0 atom stereocenters. The van der Waals surface area contributed by atoms with Crippen molar-refractivity contribution in [2.24, 2.45) is 5.84 Å². The Morgan fingerprint density at radius 2 is 2.14 bits per heavy atom. The first-order valence-electron chi connectivity index (χ1n) is 6.20. The van der Waals surface area contributed by atoms with E-state index in [9.17, 15) is 14.9 Å². The molecule has 0 unspecified atom stereocenters. The topological polar surface area (TPSA) is 129 Å². The molecule has 116 valence electrons. The quantitative estimate of drug-likeness (QED) is 0.258. The molecule has 4 N–H and O–H groups in total. The van der Waals surface area contributed by atoms with Gasteiger partial charge in [-0.1, -0.05) is 0 Å². The highest BCUT2D eigenvalue weighted by molar-refractivity contribution is 5.99. The van der Waals surface area contributed by atoms with Crippen LogP contribution in [0.3, 0.4) is 0 Å². The molecule has 0 radical (unpaired) electrons. The number of methoxy groups -OCH3 is 1. The van der Waals surface area contributed by atoms with Gasteiger partial charge >= 0.3 is 0 Å². The van der Waals surface area contributed by atoms with Gasteiger partial charge in [-0.2, -0.15) is 0 Å². The molecule has 0 bridgehead atoms. The molecule has 0 aliphatic heterocycles. The van der Waals surface area contributed by atoms with Gasteiger partial charge in [0, 0.05) is 25.4 Å². The normalized spacial score (nSPS) is 10.2. The summed E-state index contributed by atoms with van der Waals surface area (Å²) in [7, 11) is 1.56. The fourth-order valence-electron chi connectivity index (χ4n) is 1.54. The van der Waals surface area contributed by atoms with Crippen LogP contribution in [0, 0.1) is 10.1 Å². The van der Waals surface area contributed by atoms with E-state index in [4.69, 9.17) is 15.3 Å². The van der Waals surface area contributed by atoms with Gasteiger partial charge in [0.05, 0.1) is 24.7 Å².